The second-order valence-corrected chi connectivity index (χ2v) is 6.63. The third-order valence-corrected chi connectivity index (χ3v) is 4.34. The van der Waals surface area contributed by atoms with Gasteiger partial charge in [-0.2, -0.15) is 4.98 Å². The van der Waals surface area contributed by atoms with E-state index in [1.54, 1.807) is 0 Å². The zero-order valence-corrected chi connectivity index (χ0v) is 15.3. The molecule has 8 heteroatoms. The number of benzene rings is 2. The predicted octanol–water partition coefficient (Wildman–Crippen LogP) is 3.72. The lowest BCUT2D eigenvalue weighted by molar-refractivity contribution is 0.174. The van der Waals surface area contributed by atoms with Gasteiger partial charge in [-0.1, -0.05) is 22.3 Å². The maximum atomic E-state index is 5.77. The van der Waals surface area contributed by atoms with Crippen LogP contribution in [0.5, 0.6) is 11.5 Å². The number of fused-ring (bicyclic) bond motifs is 1. The lowest BCUT2D eigenvalue weighted by Gasteiger charge is -1.99. The Morgan fingerprint density at radius 1 is 0.857 bits per heavy atom. The van der Waals surface area contributed by atoms with Crippen LogP contribution in [0.15, 0.2) is 45.3 Å². The van der Waals surface area contributed by atoms with Gasteiger partial charge in [-0.05, 0) is 44.2 Å². The van der Waals surface area contributed by atoms with Gasteiger partial charge in [0.15, 0.2) is 11.5 Å². The summed E-state index contributed by atoms with van der Waals surface area (Å²) < 4.78 is 21.8. The molecule has 0 fully saturated rings. The molecule has 0 radical (unpaired) electrons. The smallest absolute Gasteiger partial charge is 0.247 e. The highest BCUT2D eigenvalue weighted by Gasteiger charge is 2.18. The van der Waals surface area contributed by atoms with E-state index in [-0.39, 0.29) is 13.2 Å². The molecule has 1 aliphatic rings. The van der Waals surface area contributed by atoms with E-state index in [4.69, 9.17) is 18.4 Å². The van der Waals surface area contributed by atoms with Crippen molar-refractivity contribution >= 4 is 0 Å². The molecule has 2 aromatic heterocycles. The summed E-state index contributed by atoms with van der Waals surface area (Å²) in [6, 6.07) is 11.6. The first-order chi connectivity index (χ1) is 13.6. The van der Waals surface area contributed by atoms with Gasteiger partial charge in [0.05, 0.1) is 0 Å². The SMILES string of the molecule is Cc1cc(C)cc(-c2nnc(Cc3nc(-c4ccc5c(c4)OCO5)no3)o2)c1. The summed E-state index contributed by atoms with van der Waals surface area (Å²) in [4.78, 5) is 4.41. The van der Waals surface area contributed by atoms with E-state index in [0.29, 0.717) is 35.0 Å². The molecule has 28 heavy (non-hydrogen) atoms. The predicted molar refractivity (Wildman–Crippen MR) is 97.9 cm³/mol. The van der Waals surface area contributed by atoms with Crippen molar-refractivity contribution in [2.75, 3.05) is 6.79 Å². The Morgan fingerprint density at radius 3 is 2.54 bits per heavy atom. The van der Waals surface area contributed by atoms with Gasteiger partial charge >= 0.3 is 0 Å². The van der Waals surface area contributed by atoms with Crippen LogP contribution in [0.3, 0.4) is 0 Å². The van der Waals surface area contributed by atoms with E-state index in [0.717, 1.165) is 22.3 Å². The summed E-state index contributed by atoms with van der Waals surface area (Å²) in [6.45, 7) is 4.28. The molecule has 2 aromatic carbocycles. The lowest BCUT2D eigenvalue weighted by Crippen LogP contribution is -1.92. The summed E-state index contributed by atoms with van der Waals surface area (Å²) >= 11 is 0. The zero-order valence-electron chi connectivity index (χ0n) is 15.3. The molecule has 0 bridgehead atoms. The summed E-state index contributed by atoms with van der Waals surface area (Å²) in [6.07, 6.45) is 0.259. The van der Waals surface area contributed by atoms with Crippen molar-refractivity contribution in [3.8, 4) is 34.3 Å². The van der Waals surface area contributed by atoms with Gasteiger partial charge in [-0.15, -0.1) is 10.2 Å². The minimum atomic E-state index is 0.218. The molecule has 0 atom stereocenters. The molecule has 0 saturated carbocycles. The van der Waals surface area contributed by atoms with Crippen LogP contribution in [0.1, 0.15) is 22.9 Å². The van der Waals surface area contributed by atoms with E-state index in [2.05, 4.69) is 26.4 Å². The van der Waals surface area contributed by atoms with Crippen molar-refractivity contribution in [3.63, 3.8) is 0 Å². The van der Waals surface area contributed by atoms with Crippen LogP contribution in [0.2, 0.25) is 0 Å². The largest absolute Gasteiger partial charge is 0.454 e. The van der Waals surface area contributed by atoms with E-state index in [1.165, 1.54) is 0 Å². The quantitative estimate of drug-likeness (QED) is 0.532. The minimum Gasteiger partial charge on any atom is -0.454 e. The van der Waals surface area contributed by atoms with Crippen LogP contribution in [-0.2, 0) is 6.42 Å². The number of hydrogen-bond donors (Lipinski definition) is 0. The average Bonchev–Trinajstić information content (AvgIpc) is 3.41. The molecule has 0 N–H and O–H groups in total. The maximum Gasteiger partial charge on any atom is 0.247 e. The first kappa shape index (κ1) is 16.5. The second kappa shape index (κ2) is 6.49. The van der Waals surface area contributed by atoms with Crippen molar-refractivity contribution in [3.05, 3.63) is 59.3 Å². The molecule has 0 aliphatic carbocycles. The fourth-order valence-electron chi connectivity index (χ4n) is 3.15. The minimum absolute atomic E-state index is 0.218. The second-order valence-electron chi connectivity index (χ2n) is 6.63. The highest BCUT2D eigenvalue weighted by Crippen LogP contribution is 2.35. The van der Waals surface area contributed by atoms with Gasteiger partial charge in [0.1, 0.15) is 6.42 Å². The molecular weight excluding hydrogens is 360 g/mol. The monoisotopic (exact) mass is 376 g/mol. The fraction of sp³-hybridized carbons (Fsp3) is 0.200. The third kappa shape index (κ3) is 3.09. The summed E-state index contributed by atoms with van der Waals surface area (Å²) in [5, 5.41) is 12.3. The van der Waals surface area contributed by atoms with Crippen molar-refractivity contribution in [2.45, 2.75) is 20.3 Å². The number of aryl methyl sites for hydroxylation is 2. The lowest BCUT2D eigenvalue weighted by atomic mass is 10.1. The van der Waals surface area contributed by atoms with Gasteiger partial charge in [0, 0.05) is 11.1 Å². The summed E-state index contributed by atoms with van der Waals surface area (Å²) in [5.41, 5.74) is 3.95. The van der Waals surface area contributed by atoms with Gasteiger partial charge in [-0.3, -0.25) is 0 Å². The van der Waals surface area contributed by atoms with Gasteiger partial charge in [0.25, 0.3) is 0 Å². The van der Waals surface area contributed by atoms with Crippen LogP contribution in [0, 0.1) is 13.8 Å². The van der Waals surface area contributed by atoms with Gasteiger partial charge < -0.3 is 18.4 Å². The van der Waals surface area contributed by atoms with Crippen LogP contribution >= 0.6 is 0 Å². The van der Waals surface area contributed by atoms with Crippen molar-refractivity contribution in [1.29, 1.82) is 0 Å². The summed E-state index contributed by atoms with van der Waals surface area (Å²) in [7, 11) is 0. The normalized spacial score (nSPS) is 12.5. The van der Waals surface area contributed by atoms with Gasteiger partial charge in [-0.25, -0.2) is 0 Å². The first-order valence-electron chi connectivity index (χ1n) is 8.78. The molecular formula is C20H16N4O4. The number of hydrogen-bond acceptors (Lipinski definition) is 8. The Labute approximate surface area is 160 Å². The van der Waals surface area contributed by atoms with Crippen LogP contribution in [0.25, 0.3) is 22.8 Å². The topological polar surface area (TPSA) is 96.3 Å². The molecule has 140 valence electrons. The van der Waals surface area contributed by atoms with Crippen molar-refractivity contribution < 1.29 is 18.4 Å². The molecule has 8 nitrogen and oxygen atoms in total. The number of ether oxygens (including phenoxy) is 2. The van der Waals surface area contributed by atoms with Crippen molar-refractivity contribution in [2.24, 2.45) is 0 Å². The van der Waals surface area contributed by atoms with Crippen LogP contribution in [-0.4, -0.2) is 27.1 Å². The Kier molecular flexibility index (Phi) is 3.82. The summed E-state index contributed by atoms with van der Waals surface area (Å²) in [5.74, 6) is 3.11. The number of rotatable bonds is 4. The Balaban J connectivity index is 1.36. The Hall–Kier alpha value is -3.68. The van der Waals surface area contributed by atoms with E-state index in [1.807, 2.05) is 44.2 Å². The van der Waals surface area contributed by atoms with Crippen molar-refractivity contribution in [1.82, 2.24) is 20.3 Å². The molecule has 4 aromatic rings. The molecule has 0 unspecified atom stereocenters. The molecule has 5 rings (SSSR count). The molecule has 1 aliphatic heterocycles. The molecule has 3 heterocycles. The fourth-order valence-corrected chi connectivity index (χ4v) is 3.15. The molecule has 0 amide bonds. The Morgan fingerprint density at radius 2 is 1.68 bits per heavy atom. The number of aromatic nitrogens is 4. The third-order valence-electron chi connectivity index (χ3n) is 4.34. The highest BCUT2D eigenvalue weighted by molar-refractivity contribution is 5.61. The van der Waals surface area contributed by atoms with E-state index in [9.17, 15) is 0 Å². The van der Waals surface area contributed by atoms with Gasteiger partial charge in [0.2, 0.25) is 30.3 Å². The van der Waals surface area contributed by atoms with Crippen LogP contribution in [0.4, 0.5) is 0 Å². The van der Waals surface area contributed by atoms with E-state index >= 15 is 0 Å². The first-order valence-corrected chi connectivity index (χ1v) is 8.78. The van der Waals surface area contributed by atoms with Crippen LogP contribution < -0.4 is 9.47 Å². The number of nitrogens with zero attached hydrogens (tertiary/aromatic N) is 4. The molecule has 0 saturated heterocycles. The average molecular weight is 376 g/mol. The zero-order chi connectivity index (χ0) is 19.1. The maximum absolute atomic E-state index is 5.77. The standard InChI is InChI=1S/C20H16N4O4/c1-11-5-12(2)7-14(6-11)20-23-22-18(27-20)9-17-21-19(24-28-17)13-3-4-15-16(8-13)26-10-25-15/h3-8H,9-10H2,1-2H3. The highest BCUT2D eigenvalue weighted by atomic mass is 16.7. The molecule has 0 spiro atoms. The van der Waals surface area contributed by atoms with E-state index < -0.39 is 0 Å². The Bertz CT molecular complexity index is 1140.